The fraction of sp³-hybridized carbons (Fsp3) is 0.565. The van der Waals surface area contributed by atoms with E-state index in [4.69, 9.17) is 0 Å². The molecule has 7 heteroatoms. The van der Waals surface area contributed by atoms with Crippen molar-refractivity contribution in [3.8, 4) is 10.6 Å². The fourth-order valence-corrected chi connectivity index (χ4v) is 5.69. The molecule has 6 nitrogen and oxygen atoms in total. The summed E-state index contributed by atoms with van der Waals surface area (Å²) in [5, 5.41) is 0.813. The first-order valence-electron chi connectivity index (χ1n) is 11.1. The molecule has 2 aliphatic heterocycles. The third-order valence-electron chi connectivity index (χ3n) is 6.34. The third-order valence-corrected chi connectivity index (χ3v) is 7.53. The molecule has 2 atom stereocenters. The van der Waals surface area contributed by atoms with Gasteiger partial charge in [0.1, 0.15) is 9.88 Å². The Morgan fingerprint density at radius 1 is 1.20 bits per heavy atom. The van der Waals surface area contributed by atoms with Crippen molar-refractivity contribution >= 4 is 23.2 Å². The maximum Gasteiger partial charge on any atom is 0.265 e. The van der Waals surface area contributed by atoms with E-state index < -0.39 is 0 Å². The van der Waals surface area contributed by atoms with E-state index in [1.165, 1.54) is 17.8 Å². The van der Waals surface area contributed by atoms with Crippen LogP contribution < -0.4 is 0 Å². The Bertz CT molecular complexity index is 898. The summed E-state index contributed by atoms with van der Waals surface area (Å²) in [6.45, 7) is 6.14. The second kappa shape index (κ2) is 9.25. The lowest BCUT2D eigenvalue weighted by atomic mass is 9.92. The SMILES string of the molecule is CCC1CCCCN1C(=O)C1CCCN(C(=O)c2sc(-c3cccnc3)nc2C)C1. The minimum Gasteiger partial charge on any atom is -0.339 e. The lowest BCUT2D eigenvalue weighted by molar-refractivity contribution is -0.140. The van der Waals surface area contributed by atoms with E-state index in [2.05, 4.69) is 21.8 Å². The van der Waals surface area contributed by atoms with E-state index in [9.17, 15) is 9.59 Å². The van der Waals surface area contributed by atoms with E-state index in [-0.39, 0.29) is 17.7 Å². The van der Waals surface area contributed by atoms with Gasteiger partial charge in [-0.15, -0.1) is 11.3 Å². The summed E-state index contributed by atoms with van der Waals surface area (Å²) in [6, 6.07) is 4.19. The topological polar surface area (TPSA) is 66.4 Å². The third kappa shape index (κ3) is 4.26. The lowest BCUT2D eigenvalue weighted by Gasteiger charge is -2.40. The average Bonchev–Trinajstić information content (AvgIpc) is 3.20. The Labute approximate surface area is 182 Å². The molecule has 0 aromatic carbocycles. The molecule has 4 rings (SSSR count). The monoisotopic (exact) mass is 426 g/mol. The second-order valence-electron chi connectivity index (χ2n) is 8.36. The maximum absolute atomic E-state index is 13.3. The number of thiazole rings is 1. The molecule has 0 N–H and O–H groups in total. The van der Waals surface area contributed by atoms with Crippen LogP contribution in [0, 0.1) is 12.8 Å². The minimum atomic E-state index is -0.0825. The number of aryl methyl sites for hydroxylation is 1. The van der Waals surface area contributed by atoms with Gasteiger partial charge in [-0.1, -0.05) is 6.92 Å². The highest BCUT2D eigenvalue weighted by Crippen LogP contribution is 2.30. The van der Waals surface area contributed by atoms with Crippen LogP contribution >= 0.6 is 11.3 Å². The predicted octanol–water partition coefficient (Wildman–Crippen LogP) is 4.16. The van der Waals surface area contributed by atoms with Crippen molar-refractivity contribution in [2.75, 3.05) is 19.6 Å². The highest BCUT2D eigenvalue weighted by atomic mass is 32.1. The van der Waals surface area contributed by atoms with Gasteiger partial charge in [-0.3, -0.25) is 14.6 Å². The van der Waals surface area contributed by atoms with Crippen molar-refractivity contribution in [1.29, 1.82) is 0 Å². The highest BCUT2D eigenvalue weighted by Gasteiger charge is 2.35. The van der Waals surface area contributed by atoms with E-state index in [0.717, 1.165) is 54.9 Å². The van der Waals surface area contributed by atoms with Crippen molar-refractivity contribution in [1.82, 2.24) is 19.8 Å². The molecule has 0 radical (unpaired) electrons. The number of aromatic nitrogens is 2. The van der Waals surface area contributed by atoms with Crippen LogP contribution in [0.5, 0.6) is 0 Å². The predicted molar refractivity (Wildman–Crippen MR) is 118 cm³/mol. The van der Waals surface area contributed by atoms with Crippen molar-refractivity contribution in [3.63, 3.8) is 0 Å². The molecular formula is C23H30N4O2S. The number of likely N-dealkylation sites (tertiary alicyclic amines) is 2. The van der Waals surface area contributed by atoms with Gasteiger partial charge in [0.15, 0.2) is 0 Å². The van der Waals surface area contributed by atoms with Crippen molar-refractivity contribution in [2.24, 2.45) is 5.92 Å². The minimum absolute atomic E-state index is 0.00308. The molecule has 0 aliphatic carbocycles. The number of rotatable bonds is 4. The smallest absolute Gasteiger partial charge is 0.265 e. The molecule has 4 heterocycles. The first kappa shape index (κ1) is 21.0. The Kier molecular flexibility index (Phi) is 6.46. The summed E-state index contributed by atoms with van der Waals surface area (Å²) >= 11 is 1.42. The van der Waals surface area contributed by atoms with Crippen LogP contribution in [0.15, 0.2) is 24.5 Å². The van der Waals surface area contributed by atoms with Crippen LogP contribution in [0.4, 0.5) is 0 Å². The van der Waals surface area contributed by atoms with Gasteiger partial charge in [0.25, 0.3) is 5.91 Å². The molecule has 30 heavy (non-hydrogen) atoms. The van der Waals surface area contributed by atoms with Gasteiger partial charge >= 0.3 is 0 Å². The number of hydrogen-bond donors (Lipinski definition) is 0. The Morgan fingerprint density at radius 2 is 2.07 bits per heavy atom. The van der Waals surface area contributed by atoms with E-state index >= 15 is 0 Å². The molecule has 0 saturated carbocycles. The molecule has 2 saturated heterocycles. The number of nitrogens with zero attached hydrogens (tertiary/aromatic N) is 4. The van der Waals surface area contributed by atoms with E-state index in [1.807, 2.05) is 24.0 Å². The van der Waals surface area contributed by atoms with Gasteiger partial charge in [0, 0.05) is 43.6 Å². The van der Waals surface area contributed by atoms with Gasteiger partial charge in [-0.2, -0.15) is 0 Å². The van der Waals surface area contributed by atoms with Crippen LogP contribution in [0.1, 0.15) is 60.8 Å². The van der Waals surface area contributed by atoms with Crippen LogP contribution in [-0.2, 0) is 4.79 Å². The van der Waals surface area contributed by atoms with Gasteiger partial charge < -0.3 is 9.80 Å². The molecule has 2 aromatic rings. The van der Waals surface area contributed by atoms with Crippen LogP contribution in [0.25, 0.3) is 10.6 Å². The highest BCUT2D eigenvalue weighted by molar-refractivity contribution is 7.17. The number of hydrogen-bond acceptors (Lipinski definition) is 5. The molecular weight excluding hydrogens is 396 g/mol. The second-order valence-corrected chi connectivity index (χ2v) is 9.35. The van der Waals surface area contributed by atoms with Crippen molar-refractivity contribution in [3.05, 3.63) is 35.1 Å². The van der Waals surface area contributed by atoms with Crippen LogP contribution in [0.2, 0.25) is 0 Å². The zero-order chi connectivity index (χ0) is 21.1. The zero-order valence-electron chi connectivity index (χ0n) is 17.8. The summed E-state index contributed by atoms with van der Waals surface area (Å²) in [5.74, 6) is 0.167. The Morgan fingerprint density at radius 3 is 2.83 bits per heavy atom. The number of carbonyl (C=O) groups excluding carboxylic acids is 2. The Balaban J connectivity index is 1.47. The van der Waals surface area contributed by atoms with Crippen molar-refractivity contribution < 1.29 is 9.59 Å². The molecule has 2 amide bonds. The first-order chi connectivity index (χ1) is 14.6. The molecule has 2 aromatic heterocycles. The van der Waals surface area contributed by atoms with E-state index in [0.29, 0.717) is 24.0 Å². The van der Waals surface area contributed by atoms with Crippen LogP contribution in [-0.4, -0.2) is 57.3 Å². The van der Waals surface area contributed by atoms with Crippen molar-refractivity contribution in [2.45, 2.75) is 58.4 Å². The standard InChI is InChI=1S/C23H30N4O2S/c1-3-19-10-4-5-13-27(19)22(28)18-9-7-12-26(15-18)23(29)20-16(2)25-21(30-20)17-8-6-11-24-14-17/h6,8,11,14,18-19H,3-5,7,9-10,12-13,15H2,1-2H3. The van der Waals surface area contributed by atoms with E-state index in [1.54, 1.807) is 12.4 Å². The number of pyridine rings is 1. The summed E-state index contributed by atoms with van der Waals surface area (Å²) in [4.78, 5) is 39.9. The molecule has 0 spiro atoms. The first-order valence-corrected chi connectivity index (χ1v) is 11.9. The molecule has 160 valence electrons. The van der Waals surface area contributed by atoms with Gasteiger partial charge in [-0.25, -0.2) is 4.98 Å². The summed E-state index contributed by atoms with van der Waals surface area (Å²) in [6.07, 6.45) is 9.67. The largest absolute Gasteiger partial charge is 0.339 e. The quantitative estimate of drug-likeness (QED) is 0.736. The average molecular weight is 427 g/mol. The summed E-state index contributed by atoms with van der Waals surface area (Å²) in [5.41, 5.74) is 1.67. The van der Waals surface area contributed by atoms with Crippen LogP contribution in [0.3, 0.4) is 0 Å². The lowest BCUT2D eigenvalue weighted by Crippen LogP contribution is -2.51. The molecule has 0 bridgehead atoms. The summed E-state index contributed by atoms with van der Waals surface area (Å²) in [7, 11) is 0. The number of piperidine rings is 2. The molecule has 2 fully saturated rings. The number of carbonyl (C=O) groups is 2. The molecule has 2 aliphatic rings. The number of amides is 2. The van der Waals surface area contributed by atoms with Gasteiger partial charge in [0.05, 0.1) is 11.6 Å². The zero-order valence-corrected chi connectivity index (χ0v) is 18.7. The maximum atomic E-state index is 13.3. The fourth-order valence-electron chi connectivity index (χ4n) is 4.66. The van der Waals surface area contributed by atoms with Gasteiger partial charge in [-0.05, 0) is 57.6 Å². The Hall–Kier alpha value is -2.28. The molecule has 2 unspecified atom stereocenters. The van der Waals surface area contributed by atoms with Gasteiger partial charge in [0.2, 0.25) is 5.91 Å². The normalized spacial score (nSPS) is 22.2. The summed E-state index contributed by atoms with van der Waals surface area (Å²) < 4.78 is 0.